The Hall–Kier alpha value is -1.95. The lowest BCUT2D eigenvalue weighted by molar-refractivity contribution is -0.118. The Kier molecular flexibility index (Phi) is 3.40. The second-order valence-electron chi connectivity index (χ2n) is 5.07. The number of carbonyl (C=O) groups is 1. The highest BCUT2D eigenvalue weighted by molar-refractivity contribution is 5.97. The van der Waals surface area contributed by atoms with Crippen molar-refractivity contribution in [2.45, 2.75) is 19.4 Å². The molecule has 2 aliphatic heterocycles. The number of amides is 1. The number of carbonyl (C=O) groups excluding carboxylic acids is 1. The quantitative estimate of drug-likeness (QED) is 0.795. The summed E-state index contributed by atoms with van der Waals surface area (Å²) in [6, 6.07) is 3.99. The van der Waals surface area contributed by atoms with Crippen LogP contribution in [0.1, 0.15) is 13.3 Å². The smallest absolute Gasteiger partial charge is 0.262 e. The minimum Gasteiger partial charge on any atom is -0.482 e. The second-order valence-corrected chi connectivity index (χ2v) is 5.07. The maximum atomic E-state index is 11.4. The van der Waals surface area contributed by atoms with Crippen LogP contribution in [0.25, 0.3) is 0 Å². The predicted octanol–water partition coefficient (Wildman–Crippen LogP) is 1.21. The molecule has 108 valence electrons. The van der Waals surface area contributed by atoms with E-state index < -0.39 is 0 Å². The minimum atomic E-state index is -0.137. The monoisotopic (exact) mass is 277 g/mol. The fraction of sp³-hybridized carbons (Fsp3) is 0.500. The molecule has 1 aromatic rings. The Morgan fingerprint density at radius 1 is 1.50 bits per heavy atom. The Labute approximate surface area is 117 Å². The highest BCUT2D eigenvalue weighted by Gasteiger charge is 2.26. The Morgan fingerprint density at radius 2 is 2.35 bits per heavy atom. The molecule has 6 nitrogen and oxygen atoms in total. The molecule has 1 fully saturated rings. The van der Waals surface area contributed by atoms with Crippen LogP contribution < -0.4 is 20.7 Å². The van der Waals surface area contributed by atoms with Crippen LogP contribution in [0.2, 0.25) is 0 Å². The van der Waals surface area contributed by atoms with Crippen LogP contribution in [-0.2, 0) is 9.53 Å². The normalized spacial score (nSPS) is 21.9. The second kappa shape index (κ2) is 5.20. The molecule has 3 N–H and O–H groups in total. The molecule has 6 heteroatoms. The summed E-state index contributed by atoms with van der Waals surface area (Å²) in [5.41, 5.74) is 8.44. The van der Waals surface area contributed by atoms with E-state index in [1.165, 1.54) is 0 Å². The van der Waals surface area contributed by atoms with Crippen LogP contribution in [0.4, 0.5) is 17.1 Å². The Morgan fingerprint density at radius 3 is 3.15 bits per heavy atom. The zero-order chi connectivity index (χ0) is 14.1. The van der Waals surface area contributed by atoms with Gasteiger partial charge in [0, 0.05) is 12.6 Å². The van der Waals surface area contributed by atoms with Crippen molar-refractivity contribution in [2.75, 3.05) is 42.3 Å². The van der Waals surface area contributed by atoms with Gasteiger partial charge in [0.05, 0.1) is 36.3 Å². The molecule has 1 aromatic carbocycles. The zero-order valence-corrected chi connectivity index (χ0v) is 11.5. The number of fused-ring (bicyclic) bond motifs is 1. The van der Waals surface area contributed by atoms with Crippen LogP contribution in [-0.4, -0.2) is 38.3 Å². The van der Waals surface area contributed by atoms with Gasteiger partial charge in [-0.3, -0.25) is 4.79 Å². The standard InChI is InChI=1S/C14H19N3O3/c1-2-9-7-19-4-3-17(9)12-6-11-13(5-10(12)15)20-8-14(18)16-11/h5-6,9H,2-4,7-8,15H2,1H3,(H,16,18). The van der Waals surface area contributed by atoms with Crippen LogP contribution in [0.3, 0.4) is 0 Å². The van der Waals surface area contributed by atoms with E-state index in [-0.39, 0.29) is 12.5 Å². The lowest BCUT2D eigenvalue weighted by Gasteiger charge is -2.38. The molecule has 1 unspecified atom stereocenters. The van der Waals surface area contributed by atoms with Crippen molar-refractivity contribution in [1.82, 2.24) is 0 Å². The number of rotatable bonds is 2. The first-order valence-corrected chi connectivity index (χ1v) is 6.89. The maximum absolute atomic E-state index is 11.4. The average molecular weight is 277 g/mol. The molecule has 1 atom stereocenters. The van der Waals surface area contributed by atoms with Crippen molar-refractivity contribution >= 4 is 23.0 Å². The minimum absolute atomic E-state index is 0.0426. The van der Waals surface area contributed by atoms with Crippen molar-refractivity contribution in [1.29, 1.82) is 0 Å². The maximum Gasteiger partial charge on any atom is 0.262 e. The lowest BCUT2D eigenvalue weighted by atomic mass is 10.1. The molecule has 0 aliphatic carbocycles. The Balaban J connectivity index is 1.96. The molecule has 0 radical (unpaired) electrons. The first-order chi connectivity index (χ1) is 9.69. The summed E-state index contributed by atoms with van der Waals surface area (Å²) >= 11 is 0. The topological polar surface area (TPSA) is 76.8 Å². The number of nitrogen functional groups attached to an aromatic ring is 1. The van der Waals surface area contributed by atoms with Crippen LogP contribution >= 0.6 is 0 Å². The molecule has 0 saturated carbocycles. The lowest BCUT2D eigenvalue weighted by Crippen LogP contribution is -2.45. The summed E-state index contributed by atoms with van der Waals surface area (Å²) in [6.07, 6.45) is 0.985. The molecule has 3 rings (SSSR count). The van der Waals surface area contributed by atoms with Gasteiger partial charge in [0.25, 0.3) is 5.91 Å². The van der Waals surface area contributed by atoms with E-state index in [2.05, 4.69) is 17.1 Å². The van der Waals surface area contributed by atoms with Crippen LogP contribution in [0, 0.1) is 0 Å². The van der Waals surface area contributed by atoms with Crippen molar-refractivity contribution in [3.8, 4) is 5.75 Å². The summed E-state index contributed by atoms with van der Waals surface area (Å²) in [5, 5.41) is 2.82. The van der Waals surface area contributed by atoms with Gasteiger partial charge < -0.3 is 25.4 Å². The van der Waals surface area contributed by atoms with E-state index in [4.69, 9.17) is 15.2 Å². The van der Waals surface area contributed by atoms with Gasteiger partial charge in [-0.05, 0) is 12.5 Å². The molecule has 1 amide bonds. The van der Waals surface area contributed by atoms with E-state index in [0.29, 0.717) is 36.4 Å². The van der Waals surface area contributed by atoms with Crippen LogP contribution in [0.5, 0.6) is 5.75 Å². The first kappa shape index (κ1) is 13.1. The van der Waals surface area contributed by atoms with E-state index in [1.54, 1.807) is 6.07 Å². The molecule has 1 saturated heterocycles. The van der Waals surface area contributed by atoms with Gasteiger partial charge >= 0.3 is 0 Å². The van der Waals surface area contributed by atoms with Crippen molar-refractivity contribution in [3.63, 3.8) is 0 Å². The molecule has 20 heavy (non-hydrogen) atoms. The van der Waals surface area contributed by atoms with Crippen molar-refractivity contribution in [3.05, 3.63) is 12.1 Å². The first-order valence-electron chi connectivity index (χ1n) is 6.89. The van der Waals surface area contributed by atoms with Gasteiger partial charge in [0.2, 0.25) is 0 Å². The summed E-state index contributed by atoms with van der Waals surface area (Å²) in [6.45, 7) is 4.37. The fourth-order valence-corrected chi connectivity index (χ4v) is 2.69. The zero-order valence-electron chi connectivity index (χ0n) is 11.5. The number of anilines is 3. The Bertz CT molecular complexity index is 533. The average Bonchev–Trinajstić information content (AvgIpc) is 2.47. The SMILES string of the molecule is CCC1COCCN1c1cc2c(cc1N)OCC(=O)N2. The van der Waals surface area contributed by atoms with Crippen molar-refractivity contribution < 1.29 is 14.3 Å². The van der Waals surface area contributed by atoms with Crippen molar-refractivity contribution in [2.24, 2.45) is 0 Å². The molecule has 2 aliphatic rings. The number of morpholine rings is 1. The summed E-state index contributed by atoms with van der Waals surface area (Å²) in [5.74, 6) is 0.495. The number of ether oxygens (including phenoxy) is 2. The van der Waals surface area contributed by atoms with Gasteiger partial charge in [0.15, 0.2) is 6.61 Å². The van der Waals surface area contributed by atoms with E-state index in [1.807, 2.05) is 6.07 Å². The van der Waals surface area contributed by atoms with Gasteiger partial charge in [0.1, 0.15) is 5.75 Å². The van der Waals surface area contributed by atoms with E-state index >= 15 is 0 Å². The van der Waals surface area contributed by atoms with Gasteiger partial charge in [-0.25, -0.2) is 0 Å². The largest absolute Gasteiger partial charge is 0.482 e. The predicted molar refractivity (Wildman–Crippen MR) is 77.2 cm³/mol. The third kappa shape index (κ3) is 2.27. The number of hydrogen-bond acceptors (Lipinski definition) is 5. The summed E-state index contributed by atoms with van der Waals surface area (Å²) in [7, 11) is 0. The fourth-order valence-electron chi connectivity index (χ4n) is 2.69. The number of nitrogens with two attached hydrogens (primary N) is 1. The summed E-state index contributed by atoms with van der Waals surface area (Å²) in [4.78, 5) is 13.7. The van der Waals surface area contributed by atoms with Gasteiger partial charge in [-0.2, -0.15) is 0 Å². The molecule has 2 heterocycles. The number of hydrogen-bond donors (Lipinski definition) is 2. The van der Waals surface area contributed by atoms with Gasteiger partial charge in [-0.1, -0.05) is 6.92 Å². The number of nitrogens with zero attached hydrogens (tertiary/aromatic N) is 1. The van der Waals surface area contributed by atoms with E-state index in [9.17, 15) is 4.79 Å². The molecular formula is C14H19N3O3. The molecule has 0 bridgehead atoms. The molecule has 0 spiro atoms. The number of benzene rings is 1. The van der Waals surface area contributed by atoms with E-state index in [0.717, 1.165) is 18.7 Å². The highest BCUT2D eigenvalue weighted by atomic mass is 16.5. The molecular weight excluding hydrogens is 258 g/mol. The number of nitrogens with one attached hydrogen (secondary N) is 1. The third-order valence-electron chi connectivity index (χ3n) is 3.77. The third-order valence-corrected chi connectivity index (χ3v) is 3.77. The van der Waals surface area contributed by atoms with Gasteiger partial charge in [-0.15, -0.1) is 0 Å². The molecule has 0 aromatic heterocycles. The van der Waals surface area contributed by atoms with Crippen LogP contribution in [0.15, 0.2) is 12.1 Å². The highest BCUT2D eigenvalue weighted by Crippen LogP contribution is 2.38. The summed E-state index contributed by atoms with van der Waals surface area (Å²) < 4.78 is 10.9.